The van der Waals surface area contributed by atoms with E-state index in [9.17, 15) is 0 Å². The lowest BCUT2D eigenvalue weighted by molar-refractivity contribution is -0.00525. The molecule has 4 nitrogen and oxygen atoms in total. The molecule has 1 aliphatic rings. The largest absolute Gasteiger partial charge is 0.372 e. The van der Waals surface area contributed by atoms with Crippen LogP contribution in [0.3, 0.4) is 0 Å². The molecular weight excluding hydrogens is 270 g/mol. The van der Waals surface area contributed by atoms with Gasteiger partial charge in [-0.15, -0.1) is 10.2 Å². The second-order valence-electron chi connectivity index (χ2n) is 5.30. The third kappa shape index (κ3) is 3.16. The molecule has 1 saturated heterocycles. The molecule has 3 rings (SSSR count). The lowest BCUT2D eigenvalue weighted by Crippen LogP contribution is -2.45. The predicted molar refractivity (Wildman–Crippen MR) is 81.4 cm³/mol. The van der Waals surface area contributed by atoms with E-state index in [0.717, 1.165) is 29.6 Å². The van der Waals surface area contributed by atoms with Gasteiger partial charge in [0.25, 0.3) is 0 Å². The van der Waals surface area contributed by atoms with Gasteiger partial charge in [0.05, 0.1) is 12.2 Å². The van der Waals surface area contributed by atoms with Crippen LogP contribution in [0.15, 0.2) is 30.3 Å². The average molecular weight is 289 g/mol. The summed E-state index contributed by atoms with van der Waals surface area (Å²) in [6.45, 7) is 6.00. The SMILES string of the molecule is C[C@@H]1CN(c2nnc(Cc3ccccc3)s2)C[C@H](C)O1. The monoisotopic (exact) mass is 289 g/mol. The van der Waals surface area contributed by atoms with E-state index in [1.165, 1.54) is 5.56 Å². The van der Waals surface area contributed by atoms with E-state index in [2.05, 4.69) is 53.2 Å². The van der Waals surface area contributed by atoms with Crippen LogP contribution in [0.2, 0.25) is 0 Å². The van der Waals surface area contributed by atoms with Crippen molar-refractivity contribution in [2.45, 2.75) is 32.5 Å². The maximum atomic E-state index is 5.76. The number of aromatic nitrogens is 2. The second kappa shape index (κ2) is 5.89. The van der Waals surface area contributed by atoms with E-state index in [4.69, 9.17) is 4.74 Å². The first-order valence-corrected chi connectivity index (χ1v) is 7.79. The van der Waals surface area contributed by atoms with Gasteiger partial charge in [-0.3, -0.25) is 0 Å². The molecule has 0 spiro atoms. The highest BCUT2D eigenvalue weighted by atomic mass is 32.1. The molecule has 1 aromatic carbocycles. The average Bonchev–Trinajstić information content (AvgIpc) is 2.87. The smallest absolute Gasteiger partial charge is 0.208 e. The molecule has 5 heteroatoms. The third-order valence-electron chi connectivity index (χ3n) is 3.34. The number of hydrogen-bond donors (Lipinski definition) is 0. The van der Waals surface area contributed by atoms with Gasteiger partial charge in [-0.05, 0) is 19.4 Å². The zero-order chi connectivity index (χ0) is 13.9. The number of nitrogens with zero attached hydrogens (tertiary/aromatic N) is 3. The number of ether oxygens (including phenoxy) is 1. The van der Waals surface area contributed by atoms with Gasteiger partial charge < -0.3 is 9.64 Å². The lowest BCUT2D eigenvalue weighted by atomic mass is 10.2. The first-order valence-electron chi connectivity index (χ1n) is 6.97. The Balaban J connectivity index is 1.70. The highest BCUT2D eigenvalue weighted by Crippen LogP contribution is 2.25. The van der Waals surface area contributed by atoms with Crippen LogP contribution in [0.1, 0.15) is 24.4 Å². The van der Waals surface area contributed by atoms with Crippen LogP contribution in [0.5, 0.6) is 0 Å². The normalized spacial score (nSPS) is 23.0. The fraction of sp³-hybridized carbons (Fsp3) is 0.467. The summed E-state index contributed by atoms with van der Waals surface area (Å²) in [5, 5.41) is 10.7. The van der Waals surface area contributed by atoms with Gasteiger partial charge in [0.2, 0.25) is 5.13 Å². The Hall–Kier alpha value is -1.46. The van der Waals surface area contributed by atoms with Crippen molar-refractivity contribution in [3.8, 4) is 0 Å². The summed E-state index contributed by atoms with van der Waals surface area (Å²) < 4.78 is 5.76. The van der Waals surface area contributed by atoms with Crippen molar-refractivity contribution in [2.75, 3.05) is 18.0 Å². The van der Waals surface area contributed by atoms with Gasteiger partial charge in [-0.25, -0.2) is 0 Å². The van der Waals surface area contributed by atoms with Crippen LogP contribution >= 0.6 is 11.3 Å². The minimum atomic E-state index is 0.250. The Morgan fingerprint density at radius 3 is 2.55 bits per heavy atom. The summed E-state index contributed by atoms with van der Waals surface area (Å²) in [6, 6.07) is 10.4. The van der Waals surface area contributed by atoms with E-state index in [1.807, 2.05) is 6.07 Å². The van der Waals surface area contributed by atoms with E-state index in [1.54, 1.807) is 11.3 Å². The van der Waals surface area contributed by atoms with Crippen molar-refractivity contribution >= 4 is 16.5 Å². The fourth-order valence-electron chi connectivity index (χ4n) is 2.55. The molecule has 106 valence electrons. The Bertz CT molecular complexity index is 547. The number of hydrogen-bond acceptors (Lipinski definition) is 5. The van der Waals surface area contributed by atoms with Crippen LogP contribution in [0.4, 0.5) is 5.13 Å². The molecule has 0 N–H and O–H groups in total. The number of benzene rings is 1. The summed E-state index contributed by atoms with van der Waals surface area (Å²) in [7, 11) is 0. The minimum Gasteiger partial charge on any atom is -0.372 e. The number of rotatable bonds is 3. The quantitative estimate of drug-likeness (QED) is 0.871. The molecule has 2 atom stereocenters. The van der Waals surface area contributed by atoms with E-state index in [-0.39, 0.29) is 12.2 Å². The fourth-order valence-corrected chi connectivity index (χ4v) is 3.44. The molecule has 0 amide bonds. The first-order chi connectivity index (χ1) is 9.70. The maximum Gasteiger partial charge on any atom is 0.208 e. The molecule has 0 unspecified atom stereocenters. The van der Waals surface area contributed by atoms with Crippen molar-refractivity contribution in [1.82, 2.24) is 10.2 Å². The Morgan fingerprint density at radius 1 is 1.15 bits per heavy atom. The zero-order valence-electron chi connectivity index (χ0n) is 11.8. The summed E-state index contributed by atoms with van der Waals surface area (Å²) in [4.78, 5) is 2.28. The molecule has 1 aromatic heterocycles. The Labute approximate surface area is 123 Å². The standard InChI is InChI=1S/C15H19N3OS/c1-11-9-18(10-12(2)19-11)15-17-16-14(20-15)8-13-6-4-3-5-7-13/h3-7,11-12H,8-10H2,1-2H3/t11-,12+. The van der Waals surface area contributed by atoms with Gasteiger partial charge in [0, 0.05) is 19.5 Å². The summed E-state index contributed by atoms with van der Waals surface area (Å²) in [6.07, 6.45) is 1.36. The van der Waals surface area contributed by atoms with Gasteiger partial charge in [0.15, 0.2) is 0 Å². The highest BCUT2D eigenvalue weighted by molar-refractivity contribution is 7.15. The first kappa shape index (κ1) is 13.5. The van der Waals surface area contributed by atoms with E-state index < -0.39 is 0 Å². The highest BCUT2D eigenvalue weighted by Gasteiger charge is 2.24. The van der Waals surface area contributed by atoms with Gasteiger partial charge in [0.1, 0.15) is 5.01 Å². The van der Waals surface area contributed by atoms with E-state index in [0.29, 0.717) is 0 Å². The molecule has 2 heterocycles. The molecule has 0 radical (unpaired) electrons. The molecule has 0 aliphatic carbocycles. The van der Waals surface area contributed by atoms with Crippen molar-refractivity contribution in [3.63, 3.8) is 0 Å². The van der Waals surface area contributed by atoms with Gasteiger partial charge in [-0.2, -0.15) is 0 Å². The predicted octanol–water partition coefficient (Wildman–Crippen LogP) is 2.74. The Kier molecular flexibility index (Phi) is 3.98. The van der Waals surface area contributed by atoms with Crippen molar-refractivity contribution in [1.29, 1.82) is 0 Å². The Morgan fingerprint density at radius 2 is 1.85 bits per heavy atom. The molecule has 0 saturated carbocycles. The van der Waals surface area contributed by atoms with Crippen LogP contribution < -0.4 is 4.90 Å². The molecule has 20 heavy (non-hydrogen) atoms. The van der Waals surface area contributed by atoms with Gasteiger partial charge >= 0.3 is 0 Å². The van der Waals surface area contributed by atoms with Crippen LogP contribution in [0, 0.1) is 0 Å². The molecule has 2 aromatic rings. The van der Waals surface area contributed by atoms with Crippen molar-refractivity contribution in [3.05, 3.63) is 40.9 Å². The summed E-state index contributed by atoms with van der Waals surface area (Å²) in [5.41, 5.74) is 1.28. The van der Waals surface area contributed by atoms with Crippen LogP contribution in [-0.4, -0.2) is 35.5 Å². The van der Waals surface area contributed by atoms with Gasteiger partial charge in [-0.1, -0.05) is 41.7 Å². The maximum absolute atomic E-state index is 5.76. The molecule has 1 fully saturated rings. The van der Waals surface area contributed by atoms with E-state index >= 15 is 0 Å². The molecule has 0 bridgehead atoms. The van der Waals surface area contributed by atoms with Crippen molar-refractivity contribution < 1.29 is 4.74 Å². The lowest BCUT2D eigenvalue weighted by Gasteiger charge is -2.34. The summed E-state index contributed by atoms with van der Waals surface area (Å²) in [5.74, 6) is 0. The topological polar surface area (TPSA) is 38.2 Å². The van der Waals surface area contributed by atoms with Crippen LogP contribution in [-0.2, 0) is 11.2 Å². The minimum absolute atomic E-state index is 0.250. The number of anilines is 1. The van der Waals surface area contributed by atoms with Crippen molar-refractivity contribution in [2.24, 2.45) is 0 Å². The van der Waals surface area contributed by atoms with Crippen LogP contribution in [0.25, 0.3) is 0 Å². The second-order valence-corrected chi connectivity index (χ2v) is 6.34. The third-order valence-corrected chi connectivity index (χ3v) is 4.33. The number of morpholine rings is 1. The molecule has 1 aliphatic heterocycles. The molecular formula is C15H19N3OS. The summed E-state index contributed by atoms with van der Waals surface area (Å²) >= 11 is 1.69. The zero-order valence-corrected chi connectivity index (χ0v) is 12.6.